The Bertz CT molecular complexity index is 1610. The number of alkyl halides is 3. The lowest BCUT2D eigenvalue weighted by Gasteiger charge is -2.13. The first-order chi connectivity index (χ1) is 19.6. The number of fused-ring (bicyclic) bond motifs is 1. The number of benzene rings is 2. The van der Waals surface area contributed by atoms with E-state index in [1.165, 1.54) is 23.7 Å². The molecule has 220 valence electrons. The first kappa shape index (κ1) is 31.1. The van der Waals surface area contributed by atoms with Crippen molar-refractivity contribution in [3.05, 3.63) is 80.0 Å². The van der Waals surface area contributed by atoms with Gasteiger partial charge in [0.1, 0.15) is 24.7 Å². The van der Waals surface area contributed by atoms with Crippen LogP contribution in [-0.2, 0) is 24.7 Å². The van der Waals surface area contributed by atoms with Gasteiger partial charge in [0.25, 0.3) is 11.6 Å². The smallest absolute Gasteiger partial charge is 0.490 e. The Kier molecular flexibility index (Phi) is 10.6. The summed E-state index contributed by atoms with van der Waals surface area (Å²) in [6.45, 7) is 0.902. The average Bonchev–Trinajstić information content (AvgIpc) is 3.28. The van der Waals surface area contributed by atoms with E-state index in [0.717, 1.165) is 22.3 Å². The van der Waals surface area contributed by atoms with Gasteiger partial charge in [0.15, 0.2) is 11.2 Å². The Balaban J connectivity index is 1.60. The lowest BCUT2D eigenvalue weighted by molar-refractivity contribution is -0.274. The maximum atomic E-state index is 13.5. The van der Waals surface area contributed by atoms with Gasteiger partial charge in [0, 0.05) is 24.7 Å². The third kappa shape index (κ3) is 8.15. The molecule has 0 N–H and O–H groups in total. The molecule has 0 spiro atoms. The molecule has 0 radical (unpaired) electrons. The molecule has 0 saturated heterocycles. The van der Waals surface area contributed by atoms with Gasteiger partial charge in [-0.1, -0.05) is 29.8 Å². The predicted molar refractivity (Wildman–Crippen MR) is 157 cm³/mol. The number of nitrogens with zero attached hydrogens (tertiary/aromatic N) is 4. The molecule has 0 aliphatic heterocycles. The summed E-state index contributed by atoms with van der Waals surface area (Å²) < 4.78 is 62.2. The summed E-state index contributed by atoms with van der Waals surface area (Å²) in [5, 5.41) is 0.543. The number of rotatable bonds is 13. The van der Waals surface area contributed by atoms with Crippen molar-refractivity contribution in [2.24, 2.45) is 7.05 Å². The molecule has 2 aromatic heterocycles. The highest BCUT2D eigenvalue weighted by Gasteiger charge is 2.31. The van der Waals surface area contributed by atoms with Gasteiger partial charge in [-0.05, 0) is 58.3 Å². The lowest BCUT2D eigenvalue weighted by atomic mass is 10.2. The van der Waals surface area contributed by atoms with Crippen molar-refractivity contribution in [1.82, 2.24) is 18.7 Å². The monoisotopic (exact) mass is 726 g/mol. The minimum absolute atomic E-state index is 0.0553. The summed E-state index contributed by atoms with van der Waals surface area (Å²) in [7, 11) is 1.52. The van der Waals surface area contributed by atoms with E-state index < -0.39 is 23.4 Å². The number of ether oxygens (including phenoxy) is 3. The number of hydrogen-bond donors (Lipinski definition) is 0. The molecule has 16 heteroatoms. The summed E-state index contributed by atoms with van der Waals surface area (Å²) in [6, 6.07) is 12.2. The molecule has 2 heterocycles. The van der Waals surface area contributed by atoms with Crippen LogP contribution in [0, 0.1) is 0 Å². The fraction of sp³-hybridized carbons (Fsp3) is 0.320. The zero-order chi connectivity index (χ0) is 29.6. The van der Waals surface area contributed by atoms with Crippen LogP contribution in [0.25, 0.3) is 11.2 Å². The number of hydrogen-bond acceptors (Lipinski definition) is 7. The third-order valence-electron chi connectivity index (χ3n) is 5.76. The number of halogens is 5. The molecule has 0 bridgehead atoms. The molecular formula is C25H24ClF3IN4O6P. The van der Waals surface area contributed by atoms with Crippen LogP contribution in [0.15, 0.2) is 58.1 Å². The molecule has 1 atom stereocenters. The molecule has 41 heavy (non-hydrogen) atoms. The summed E-state index contributed by atoms with van der Waals surface area (Å²) in [4.78, 5) is 31.0. The topological polar surface area (TPSA) is 98.7 Å². The van der Waals surface area contributed by atoms with Crippen LogP contribution >= 0.6 is 40.1 Å². The van der Waals surface area contributed by atoms with Crippen molar-refractivity contribution in [3.63, 3.8) is 0 Å². The molecule has 0 fully saturated rings. The highest BCUT2D eigenvalue weighted by molar-refractivity contribution is 14.2. The van der Waals surface area contributed by atoms with Crippen LogP contribution in [0.5, 0.6) is 17.5 Å². The van der Waals surface area contributed by atoms with Crippen molar-refractivity contribution in [2.45, 2.75) is 25.9 Å². The van der Waals surface area contributed by atoms with E-state index in [0.29, 0.717) is 18.1 Å². The number of imidazole rings is 1. The Hall–Kier alpha value is -2.81. The fourth-order valence-electron chi connectivity index (χ4n) is 3.97. The van der Waals surface area contributed by atoms with E-state index in [4.69, 9.17) is 25.6 Å². The molecule has 4 rings (SSSR count). The van der Waals surface area contributed by atoms with Gasteiger partial charge >= 0.3 is 12.1 Å². The quantitative estimate of drug-likeness (QED) is 0.105. The third-order valence-corrected chi connectivity index (χ3v) is 7.26. The molecule has 0 aliphatic rings. The average molecular weight is 727 g/mol. The van der Waals surface area contributed by atoms with Crippen LogP contribution in [0.2, 0.25) is 5.02 Å². The van der Waals surface area contributed by atoms with E-state index in [-0.39, 0.29) is 55.7 Å². The second-order valence-electron chi connectivity index (χ2n) is 8.58. The number of aromatic nitrogens is 4. The van der Waals surface area contributed by atoms with Gasteiger partial charge in [-0.2, -0.15) is 4.98 Å². The lowest BCUT2D eigenvalue weighted by Crippen LogP contribution is -2.40. The Labute approximate surface area is 251 Å². The Morgan fingerprint density at radius 3 is 2.41 bits per heavy atom. The highest BCUT2D eigenvalue weighted by Crippen LogP contribution is 2.26. The van der Waals surface area contributed by atoms with Crippen LogP contribution < -0.4 is 25.5 Å². The largest absolute Gasteiger partial charge is 0.573 e. The first-order valence-corrected chi connectivity index (χ1v) is 16.5. The molecule has 10 nitrogen and oxygen atoms in total. The minimum atomic E-state index is -4.83. The fourth-order valence-corrected chi connectivity index (χ4v) is 4.97. The summed E-state index contributed by atoms with van der Waals surface area (Å²) in [6.07, 6.45) is -4.36. The van der Waals surface area contributed by atoms with Crippen molar-refractivity contribution in [2.75, 3.05) is 19.8 Å². The molecule has 4 aromatic rings. The molecule has 1 unspecified atom stereocenters. The summed E-state index contributed by atoms with van der Waals surface area (Å²) in [5.41, 5.74) is 0.0720. The van der Waals surface area contributed by atoms with Gasteiger partial charge < -0.3 is 18.7 Å². The second-order valence-corrected chi connectivity index (χ2v) is 10.8. The Morgan fingerprint density at radius 1 is 1.00 bits per heavy atom. The molecule has 0 amide bonds. The SMILES string of the molecule is Cn1c(=O)n(CCCOPI)c(=O)c2c1nc(OCCOc1cccc(OC(F)(F)F)c1)n2Cc1ccc(Cl)cc1. The van der Waals surface area contributed by atoms with Crippen LogP contribution in [-0.4, -0.2) is 44.9 Å². The molecular weight excluding hydrogens is 703 g/mol. The Morgan fingerprint density at radius 2 is 1.71 bits per heavy atom. The second kappa shape index (κ2) is 13.9. The highest BCUT2D eigenvalue weighted by atomic mass is 127. The van der Waals surface area contributed by atoms with E-state index >= 15 is 0 Å². The first-order valence-electron chi connectivity index (χ1n) is 12.1. The van der Waals surface area contributed by atoms with Crippen molar-refractivity contribution >= 4 is 51.3 Å². The van der Waals surface area contributed by atoms with E-state index in [2.05, 4.69) is 31.8 Å². The molecule has 0 aliphatic carbocycles. The number of aryl methyl sites for hydroxylation is 1. The van der Waals surface area contributed by atoms with Crippen LogP contribution in [0.1, 0.15) is 12.0 Å². The van der Waals surface area contributed by atoms with E-state index in [9.17, 15) is 22.8 Å². The van der Waals surface area contributed by atoms with E-state index in [1.54, 1.807) is 28.8 Å². The van der Waals surface area contributed by atoms with Gasteiger partial charge in [0.05, 0.1) is 19.6 Å². The summed E-state index contributed by atoms with van der Waals surface area (Å²) >= 11 is 8.12. The zero-order valence-corrected chi connectivity index (χ0v) is 25.4. The standard InChI is InChI=1S/C25H24ClF3IN4O6P/c1-32-21-20(22(35)33(24(32)36)10-3-11-39-41-30)34(15-16-6-8-17(26)9-7-16)23(31-21)38-13-12-37-18-4-2-5-19(14-18)40-25(27,28)29/h2,4-9,14,41H,3,10-13,15H2,1H3. The maximum absolute atomic E-state index is 13.5. The van der Waals surface area contributed by atoms with Crippen LogP contribution in [0.4, 0.5) is 13.2 Å². The van der Waals surface area contributed by atoms with Gasteiger partial charge in [0.2, 0.25) is 0 Å². The minimum Gasteiger partial charge on any atom is -0.490 e. The van der Waals surface area contributed by atoms with E-state index in [1.807, 2.05) is 0 Å². The zero-order valence-electron chi connectivity index (χ0n) is 21.5. The predicted octanol–water partition coefficient (Wildman–Crippen LogP) is 5.31. The molecule has 0 saturated carbocycles. The normalized spacial score (nSPS) is 12.0. The summed E-state index contributed by atoms with van der Waals surface area (Å²) in [5.74, 6) is -0.276. The van der Waals surface area contributed by atoms with Crippen molar-refractivity contribution < 1.29 is 31.9 Å². The van der Waals surface area contributed by atoms with Crippen molar-refractivity contribution in [3.8, 4) is 17.5 Å². The maximum Gasteiger partial charge on any atom is 0.573 e. The van der Waals surface area contributed by atoms with Gasteiger partial charge in [-0.3, -0.25) is 18.5 Å². The molecule has 2 aromatic carbocycles. The van der Waals surface area contributed by atoms with Gasteiger partial charge in [-0.25, -0.2) is 4.79 Å². The van der Waals surface area contributed by atoms with Crippen LogP contribution in [0.3, 0.4) is 0 Å². The van der Waals surface area contributed by atoms with Crippen molar-refractivity contribution in [1.29, 1.82) is 0 Å². The van der Waals surface area contributed by atoms with Gasteiger partial charge in [-0.15, -0.1) is 13.2 Å².